The molecule has 1 rings (SSSR count). The van der Waals surface area contributed by atoms with Crippen LogP contribution < -0.4 is 11.1 Å². The van der Waals surface area contributed by atoms with E-state index in [1.54, 1.807) is 0 Å². The Morgan fingerprint density at radius 3 is 2.25 bits per heavy atom. The second kappa shape index (κ2) is 17.5. The smallest absolute Gasteiger partial charge is 0.114 e. The number of nitrogens with zero attached hydrogens (tertiary/aromatic N) is 1. The normalized spacial score (nSPS) is 17.3. The van der Waals surface area contributed by atoms with Gasteiger partial charge in [-0.15, -0.1) is 0 Å². The van der Waals surface area contributed by atoms with Crippen molar-refractivity contribution in [3.05, 3.63) is 11.6 Å². The third-order valence-electron chi connectivity index (χ3n) is 6.57. The van der Waals surface area contributed by atoms with Crippen LogP contribution in [0.4, 0.5) is 0 Å². The van der Waals surface area contributed by atoms with Crippen LogP contribution in [0.1, 0.15) is 105 Å². The lowest BCUT2D eigenvalue weighted by molar-refractivity contribution is 0.389. The fourth-order valence-electron chi connectivity index (χ4n) is 4.26. The van der Waals surface area contributed by atoms with Gasteiger partial charge in [-0.05, 0) is 43.9 Å². The molecule has 4 N–H and O–H groups in total. The van der Waals surface area contributed by atoms with Crippen molar-refractivity contribution in [1.82, 2.24) is 5.32 Å². The van der Waals surface area contributed by atoms with Crippen LogP contribution in [0.2, 0.25) is 0 Å². The number of hydrogen-bond acceptors (Lipinski definition) is 4. The number of nitrogens with two attached hydrogens (primary N) is 1. The Balaban J connectivity index is 2.09. The molecule has 32 heavy (non-hydrogen) atoms. The second-order valence-electron chi connectivity index (χ2n) is 10.5. The largest absolute Gasteiger partial charge is 0.386 e. The maximum absolute atomic E-state index is 7.81. The van der Waals surface area contributed by atoms with Gasteiger partial charge in [-0.25, -0.2) is 0 Å². The lowest BCUT2D eigenvalue weighted by Gasteiger charge is -2.17. The number of allylic oxidation sites excluding steroid dienone is 1. The van der Waals surface area contributed by atoms with Gasteiger partial charge in [0.2, 0.25) is 0 Å². The summed E-state index contributed by atoms with van der Waals surface area (Å²) in [5.41, 5.74) is 7.27. The molecule has 0 radical (unpaired) electrons. The molecular formula is C27H52N4S. The van der Waals surface area contributed by atoms with Crippen LogP contribution in [0.25, 0.3) is 0 Å². The highest BCUT2D eigenvalue weighted by molar-refractivity contribution is 7.99. The number of amidine groups is 2. The molecule has 0 spiro atoms. The first-order valence-electron chi connectivity index (χ1n) is 13.1. The van der Waals surface area contributed by atoms with Crippen LogP contribution in [0.15, 0.2) is 16.6 Å². The molecule has 0 amide bonds. The Bertz CT molecular complexity index is 570. The SMILES string of the molecule is C/C(=C\CSCC(NC1=NCCC1)C(=N)N)CCCC(C)CCCC(C)CCCC(C)C. The minimum atomic E-state index is -0.0932. The Labute approximate surface area is 203 Å². The molecule has 5 heteroatoms. The second-order valence-corrected chi connectivity index (χ2v) is 11.6. The highest BCUT2D eigenvalue weighted by Crippen LogP contribution is 2.22. The first kappa shape index (κ1) is 29.1. The average Bonchev–Trinajstić information content (AvgIpc) is 3.23. The predicted octanol–water partition coefficient (Wildman–Crippen LogP) is 7.19. The summed E-state index contributed by atoms with van der Waals surface area (Å²) in [5, 5.41) is 11.2. The minimum Gasteiger partial charge on any atom is -0.386 e. The maximum atomic E-state index is 7.81. The number of nitrogens with one attached hydrogen (secondary N) is 2. The highest BCUT2D eigenvalue weighted by Gasteiger charge is 2.15. The molecule has 0 aromatic rings. The molecule has 1 heterocycles. The standard InChI is InChI=1S/C27H52N4S/c1-21(2)10-6-11-22(3)12-7-13-23(4)14-8-15-24(5)17-19-32-20-25(27(28)29)31-26-16-9-18-30-26/h17,21-23,25H,6-16,18-20H2,1-5H3,(H3,28,29)(H,30,31)/b24-17+. The zero-order chi connectivity index (χ0) is 23.8. The van der Waals surface area contributed by atoms with E-state index in [1.807, 2.05) is 11.8 Å². The molecule has 0 fully saturated rings. The summed E-state index contributed by atoms with van der Waals surface area (Å²) in [6.45, 7) is 12.7. The summed E-state index contributed by atoms with van der Waals surface area (Å²) in [7, 11) is 0. The zero-order valence-corrected chi connectivity index (χ0v) is 22.5. The van der Waals surface area contributed by atoms with Crippen molar-refractivity contribution in [2.24, 2.45) is 28.5 Å². The third kappa shape index (κ3) is 15.0. The van der Waals surface area contributed by atoms with Crippen molar-refractivity contribution >= 4 is 23.4 Å². The monoisotopic (exact) mass is 464 g/mol. The minimum absolute atomic E-state index is 0.0932. The van der Waals surface area contributed by atoms with Crippen LogP contribution >= 0.6 is 11.8 Å². The molecule has 1 aliphatic rings. The summed E-state index contributed by atoms with van der Waals surface area (Å²) in [4.78, 5) is 4.44. The van der Waals surface area contributed by atoms with Crippen LogP contribution in [-0.4, -0.2) is 35.8 Å². The van der Waals surface area contributed by atoms with E-state index in [-0.39, 0.29) is 11.9 Å². The van der Waals surface area contributed by atoms with Crippen LogP contribution in [0.3, 0.4) is 0 Å². The molecule has 0 saturated heterocycles. The molecule has 0 bridgehead atoms. The van der Waals surface area contributed by atoms with Gasteiger partial charge in [0, 0.05) is 24.5 Å². The van der Waals surface area contributed by atoms with Crippen molar-refractivity contribution in [1.29, 1.82) is 5.41 Å². The lowest BCUT2D eigenvalue weighted by Crippen LogP contribution is -2.45. The van der Waals surface area contributed by atoms with Crippen molar-refractivity contribution in [3.63, 3.8) is 0 Å². The van der Waals surface area contributed by atoms with E-state index in [0.29, 0.717) is 0 Å². The fourth-order valence-corrected chi connectivity index (χ4v) is 5.30. The number of aliphatic imine (C=N–C) groups is 1. The predicted molar refractivity (Wildman–Crippen MR) is 146 cm³/mol. The van der Waals surface area contributed by atoms with Gasteiger partial charge in [-0.3, -0.25) is 10.4 Å². The summed E-state index contributed by atoms with van der Waals surface area (Å²) < 4.78 is 0. The van der Waals surface area contributed by atoms with Crippen LogP contribution in [0, 0.1) is 23.2 Å². The number of hydrogen-bond donors (Lipinski definition) is 3. The van der Waals surface area contributed by atoms with Gasteiger partial charge in [0.25, 0.3) is 0 Å². The van der Waals surface area contributed by atoms with Crippen LogP contribution in [-0.2, 0) is 0 Å². The first-order chi connectivity index (χ1) is 15.3. The van der Waals surface area contributed by atoms with Crippen molar-refractivity contribution in [2.45, 2.75) is 111 Å². The van der Waals surface area contributed by atoms with E-state index in [0.717, 1.165) is 54.5 Å². The van der Waals surface area contributed by atoms with E-state index in [4.69, 9.17) is 11.1 Å². The molecule has 3 unspecified atom stereocenters. The van der Waals surface area contributed by atoms with E-state index >= 15 is 0 Å². The maximum Gasteiger partial charge on any atom is 0.114 e. The van der Waals surface area contributed by atoms with Gasteiger partial charge >= 0.3 is 0 Å². The van der Waals surface area contributed by atoms with Gasteiger partial charge in [0.1, 0.15) is 5.84 Å². The Morgan fingerprint density at radius 1 is 1.06 bits per heavy atom. The summed E-state index contributed by atoms with van der Waals surface area (Å²) in [6.07, 6.45) is 16.7. The molecule has 0 saturated carbocycles. The number of rotatable bonds is 18. The van der Waals surface area contributed by atoms with E-state index in [9.17, 15) is 0 Å². The van der Waals surface area contributed by atoms with E-state index < -0.39 is 0 Å². The van der Waals surface area contributed by atoms with Gasteiger partial charge in [0.15, 0.2) is 0 Å². The Kier molecular flexibility index (Phi) is 15.9. The zero-order valence-electron chi connectivity index (χ0n) is 21.7. The third-order valence-corrected chi connectivity index (χ3v) is 7.54. The molecule has 3 atom stereocenters. The molecular weight excluding hydrogens is 412 g/mol. The quantitative estimate of drug-likeness (QED) is 0.0869. The van der Waals surface area contributed by atoms with Crippen molar-refractivity contribution in [2.75, 3.05) is 18.1 Å². The fraction of sp³-hybridized carbons (Fsp3) is 0.852. The topological polar surface area (TPSA) is 74.3 Å². The summed E-state index contributed by atoms with van der Waals surface area (Å²) >= 11 is 1.85. The molecule has 4 nitrogen and oxygen atoms in total. The van der Waals surface area contributed by atoms with Crippen molar-refractivity contribution < 1.29 is 0 Å². The Hall–Kier alpha value is -0.970. The van der Waals surface area contributed by atoms with Crippen LogP contribution in [0.5, 0.6) is 0 Å². The molecule has 186 valence electrons. The summed E-state index contributed by atoms with van der Waals surface area (Å²) in [6, 6.07) is -0.0932. The summed E-state index contributed by atoms with van der Waals surface area (Å²) in [5.74, 6) is 5.65. The van der Waals surface area contributed by atoms with Gasteiger partial charge in [0.05, 0.1) is 11.9 Å². The number of thioether (sulfide) groups is 1. The molecule has 0 aromatic carbocycles. The van der Waals surface area contributed by atoms with Gasteiger partial charge < -0.3 is 11.1 Å². The molecule has 0 aliphatic carbocycles. The van der Waals surface area contributed by atoms with Crippen molar-refractivity contribution in [3.8, 4) is 0 Å². The van der Waals surface area contributed by atoms with E-state index in [1.165, 1.54) is 63.4 Å². The molecule has 0 aromatic heterocycles. The highest BCUT2D eigenvalue weighted by atomic mass is 32.2. The lowest BCUT2D eigenvalue weighted by atomic mass is 9.91. The van der Waals surface area contributed by atoms with Gasteiger partial charge in [-0.2, -0.15) is 11.8 Å². The Morgan fingerprint density at radius 2 is 1.69 bits per heavy atom. The first-order valence-corrected chi connectivity index (χ1v) is 14.3. The van der Waals surface area contributed by atoms with E-state index in [2.05, 4.69) is 51.0 Å². The molecule has 1 aliphatic heterocycles. The average molecular weight is 465 g/mol. The van der Waals surface area contributed by atoms with Gasteiger partial charge in [-0.1, -0.05) is 84.3 Å².